The van der Waals surface area contributed by atoms with Crippen molar-refractivity contribution in [3.05, 3.63) is 0 Å². The molecule has 1 unspecified atom stereocenters. The zero-order valence-corrected chi connectivity index (χ0v) is 6.78. The first-order valence-corrected chi connectivity index (χ1v) is 3.54. The van der Waals surface area contributed by atoms with Gasteiger partial charge in [0.15, 0.2) is 0 Å². The van der Waals surface area contributed by atoms with Crippen molar-refractivity contribution < 1.29 is 0 Å². The second-order valence-electron chi connectivity index (χ2n) is 2.23. The SMILES string of the molecule is CCCC(S)N(C)C. The summed E-state index contributed by atoms with van der Waals surface area (Å²) in [6.45, 7) is 2.17. The Morgan fingerprint density at radius 1 is 1.50 bits per heavy atom. The summed E-state index contributed by atoms with van der Waals surface area (Å²) in [6.07, 6.45) is 2.39. The van der Waals surface area contributed by atoms with E-state index >= 15 is 0 Å². The van der Waals surface area contributed by atoms with Gasteiger partial charge in [0.25, 0.3) is 0 Å². The van der Waals surface area contributed by atoms with E-state index < -0.39 is 0 Å². The molecule has 0 rings (SSSR count). The minimum atomic E-state index is 0.444. The zero-order valence-electron chi connectivity index (χ0n) is 5.89. The maximum absolute atomic E-state index is 4.33. The number of hydrogen-bond donors (Lipinski definition) is 1. The average molecular weight is 133 g/mol. The third-order valence-corrected chi connectivity index (χ3v) is 1.86. The number of thiol groups is 1. The Labute approximate surface area is 57.5 Å². The Morgan fingerprint density at radius 2 is 2.00 bits per heavy atom. The van der Waals surface area contributed by atoms with E-state index in [0.29, 0.717) is 5.37 Å². The van der Waals surface area contributed by atoms with Gasteiger partial charge in [0, 0.05) is 0 Å². The summed E-state index contributed by atoms with van der Waals surface area (Å²) in [5, 5.41) is 0.444. The smallest absolute Gasteiger partial charge is 0.0522 e. The Bertz CT molecular complexity index is 54.5. The first kappa shape index (κ1) is 8.31. The molecule has 0 aromatic heterocycles. The molecule has 0 heterocycles. The topological polar surface area (TPSA) is 3.24 Å². The third-order valence-electron chi connectivity index (χ3n) is 1.14. The minimum absolute atomic E-state index is 0.444. The molecule has 0 aromatic carbocycles. The summed E-state index contributed by atoms with van der Waals surface area (Å²) in [5.74, 6) is 0. The van der Waals surface area contributed by atoms with Crippen LogP contribution >= 0.6 is 12.6 Å². The highest BCUT2D eigenvalue weighted by molar-refractivity contribution is 7.80. The molecule has 0 saturated heterocycles. The summed E-state index contributed by atoms with van der Waals surface area (Å²) in [5.41, 5.74) is 0. The second kappa shape index (κ2) is 4.21. The largest absolute Gasteiger partial charge is 0.298 e. The summed E-state index contributed by atoms with van der Waals surface area (Å²) in [4.78, 5) is 2.12. The summed E-state index contributed by atoms with van der Waals surface area (Å²) < 4.78 is 0. The molecule has 0 radical (unpaired) electrons. The fourth-order valence-electron chi connectivity index (χ4n) is 0.516. The van der Waals surface area contributed by atoms with Gasteiger partial charge in [-0.1, -0.05) is 13.3 Å². The molecular weight excluding hydrogens is 118 g/mol. The van der Waals surface area contributed by atoms with Gasteiger partial charge < -0.3 is 0 Å². The first-order valence-electron chi connectivity index (χ1n) is 3.03. The minimum Gasteiger partial charge on any atom is -0.298 e. The highest BCUT2D eigenvalue weighted by Gasteiger charge is 2.00. The zero-order chi connectivity index (χ0) is 6.57. The molecule has 2 heteroatoms. The van der Waals surface area contributed by atoms with Crippen LogP contribution in [0.4, 0.5) is 0 Å². The molecule has 0 aliphatic carbocycles. The third kappa shape index (κ3) is 3.33. The van der Waals surface area contributed by atoms with Crippen LogP contribution in [0.25, 0.3) is 0 Å². The normalized spacial score (nSPS) is 14.6. The molecule has 0 aromatic rings. The van der Waals surface area contributed by atoms with Gasteiger partial charge in [0.1, 0.15) is 0 Å². The van der Waals surface area contributed by atoms with E-state index in [-0.39, 0.29) is 0 Å². The molecule has 1 nitrogen and oxygen atoms in total. The van der Waals surface area contributed by atoms with E-state index in [2.05, 4.69) is 24.5 Å². The summed E-state index contributed by atoms with van der Waals surface area (Å²) in [7, 11) is 4.10. The van der Waals surface area contributed by atoms with Crippen LogP contribution < -0.4 is 0 Å². The van der Waals surface area contributed by atoms with Gasteiger partial charge >= 0.3 is 0 Å². The standard InChI is InChI=1S/C6H15NS/c1-4-5-6(8)7(2)3/h6,8H,4-5H2,1-3H3. The summed E-state index contributed by atoms with van der Waals surface area (Å²) >= 11 is 4.33. The Hall–Kier alpha value is 0.310. The van der Waals surface area contributed by atoms with Crippen LogP contribution in [0.5, 0.6) is 0 Å². The Kier molecular flexibility index (Phi) is 4.38. The van der Waals surface area contributed by atoms with Gasteiger partial charge in [0.05, 0.1) is 5.37 Å². The molecule has 0 aliphatic heterocycles. The fourth-order valence-corrected chi connectivity index (χ4v) is 0.775. The second-order valence-corrected chi connectivity index (χ2v) is 2.83. The lowest BCUT2D eigenvalue weighted by molar-refractivity contribution is 0.367. The maximum Gasteiger partial charge on any atom is 0.0522 e. The molecule has 50 valence electrons. The van der Waals surface area contributed by atoms with Crippen LogP contribution in [0.1, 0.15) is 19.8 Å². The van der Waals surface area contributed by atoms with Crippen molar-refractivity contribution in [2.75, 3.05) is 14.1 Å². The maximum atomic E-state index is 4.33. The predicted molar refractivity (Wildman–Crippen MR) is 41.4 cm³/mol. The lowest BCUT2D eigenvalue weighted by Gasteiger charge is -2.16. The highest BCUT2D eigenvalue weighted by Crippen LogP contribution is 2.05. The molecule has 0 aliphatic rings. The van der Waals surface area contributed by atoms with Crippen LogP contribution in [0.15, 0.2) is 0 Å². The first-order chi connectivity index (χ1) is 3.68. The van der Waals surface area contributed by atoms with Gasteiger partial charge in [0.2, 0.25) is 0 Å². The Morgan fingerprint density at radius 3 is 2.12 bits per heavy atom. The van der Waals surface area contributed by atoms with Gasteiger partial charge in [-0.3, -0.25) is 4.90 Å². The summed E-state index contributed by atoms with van der Waals surface area (Å²) in [6, 6.07) is 0. The van der Waals surface area contributed by atoms with Crippen LogP contribution in [-0.2, 0) is 0 Å². The monoisotopic (exact) mass is 133 g/mol. The van der Waals surface area contributed by atoms with Crippen molar-refractivity contribution >= 4 is 12.6 Å². The van der Waals surface area contributed by atoms with Crippen LogP contribution in [-0.4, -0.2) is 24.4 Å². The number of rotatable bonds is 3. The van der Waals surface area contributed by atoms with E-state index in [4.69, 9.17) is 0 Å². The fraction of sp³-hybridized carbons (Fsp3) is 1.00. The lowest BCUT2D eigenvalue weighted by Crippen LogP contribution is -2.21. The van der Waals surface area contributed by atoms with E-state index in [1.165, 1.54) is 12.8 Å². The van der Waals surface area contributed by atoms with Crippen molar-refractivity contribution in [3.63, 3.8) is 0 Å². The Balaban J connectivity index is 3.17. The highest BCUT2D eigenvalue weighted by atomic mass is 32.1. The van der Waals surface area contributed by atoms with E-state index in [0.717, 1.165) is 0 Å². The number of hydrogen-bond acceptors (Lipinski definition) is 2. The van der Waals surface area contributed by atoms with E-state index in [1.807, 2.05) is 14.1 Å². The van der Waals surface area contributed by atoms with Crippen molar-refractivity contribution in [1.82, 2.24) is 4.90 Å². The molecule has 0 bridgehead atoms. The van der Waals surface area contributed by atoms with Crippen molar-refractivity contribution in [1.29, 1.82) is 0 Å². The average Bonchev–Trinajstić information content (AvgIpc) is 1.67. The van der Waals surface area contributed by atoms with E-state index in [1.54, 1.807) is 0 Å². The number of nitrogens with zero attached hydrogens (tertiary/aromatic N) is 1. The van der Waals surface area contributed by atoms with Crippen LogP contribution in [0.3, 0.4) is 0 Å². The molecule has 0 saturated carbocycles. The molecule has 0 spiro atoms. The van der Waals surface area contributed by atoms with Crippen molar-refractivity contribution in [2.45, 2.75) is 25.1 Å². The van der Waals surface area contributed by atoms with Gasteiger partial charge in [-0.25, -0.2) is 0 Å². The van der Waals surface area contributed by atoms with Gasteiger partial charge in [-0.15, -0.1) is 0 Å². The van der Waals surface area contributed by atoms with Gasteiger partial charge in [-0.2, -0.15) is 12.6 Å². The molecule has 0 amide bonds. The molecule has 0 fully saturated rings. The van der Waals surface area contributed by atoms with E-state index in [9.17, 15) is 0 Å². The van der Waals surface area contributed by atoms with Gasteiger partial charge in [-0.05, 0) is 20.5 Å². The lowest BCUT2D eigenvalue weighted by atomic mass is 10.3. The molecule has 8 heavy (non-hydrogen) atoms. The molecule has 0 N–H and O–H groups in total. The van der Waals surface area contributed by atoms with Crippen LogP contribution in [0, 0.1) is 0 Å². The molecule has 1 atom stereocenters. The van der Waals surface area contributed by atoms with Crippen molar-refractivity contribution in [3.8, 4) is 0 Å². The quantitative estimate of drug-likeness (QED) is 0.452. The van der Waals surface area contributed by atoms with Crippen LogP contribution in [0.2, 0.25) is 0 Å². The van der Waals surface area contributed by atoms with Crippen molar-refractivity contribution in [2.24, 2.45) is 0 Å². The molecular formula is C6H15NS. The predicted octanol–water partition coefficient (Wildman–Crippen LogP) is 1.60.